The number of nitrogens with zero attached hydrogens (tertiary/aromatic N) is 3. The first kappa shape index (κ1) is 18.6. The zero-order valence-corrected chi connectivity index (χ0v) is 17.1. The lowest BCUT2D eigenvalue weighted by Gasteiger charge is -2.21. The van der Waals surface area contributed by atoms with E-state index < -0.39 is 0 Å². The van der Waals surface area contributed by atoms with E-state index in [1.165, 1.54) is 5.56 Å². The topological polar surface area (TPSA) is 38.1 Å². The van der Waals surface area contributed by atoms with E-state index in [-0.39, 0.29) is 17.9 Å². The number of imidazole rings is 1. The van der Waals surface area contributed by atoms with Gasteiger partial charge in [-0.25, -0.2) is 4.98 Å². The van der Waals surface area contributed by atoms with Gasteiger partial charge in [-0.05, 0) is 30.2 Å². The van der Waals surface area contributed by atoms with Crippen molar-refractivity contribution in [3.05, 3.63) is 102 Å². The molecule has 0 radical (unpaired) electrons. The second kappa shape index (κ2) is 7.79. The minimum Gasteiger partial charge on any atom is -0.338 e. The molecule has 0 unspecified atom stereocenters. The van der Waals surface area contributed by atoms with Crippen molar-refractivity contribution in [3.63, 3.8) is 0 Å². The molecule has 2 atom stereocenters. The zero-order chi connectivity index (χ0) is 20.5. The summed E-state index contributed by atoms with van der Waals surface area (Å²) in [5, 5.41) is 0. The fraction of sp³-hybridized carbons (Fsp3) is 0.231. The first-order valence-electron chi connectivity index (χ1n) is 10.5. The van der Waals surface area contributed by atoms with Crippen LogP contribution in [0.4, 0.5) is 0 Å². The Hall–Kier alpha value is -3.40. The molecule has 4 aromatic rings. The van der Waals surface area contributed by atoms with Crippen molar-refractivity contribution >= 4 is 16.9 Å². The minimum atomic E-state index is 0.0970. The van der Waals surface area contributed by atoms with Crippen LogP contribution < -0.4 is 0 Å². The molecule has 0 saturated carbocycles. The Kier molecular flexibility index (Phi) is 4.83. The summed E-state index contributed by atoms with van der Waals surface area (Å²) >= 11 is 0. The molecule has 0 spiro atoms. The molecule has 1 aliphatic heterocycles. The molecule has 0 N–H and O–H groups in total. The Balaban J connectivity index is 1.51. The largest absolute Gasteiger partial charge is 0.338 e. The van der Waals surface area contributed by atoms with Crippen molar-refractivity contribution in [2.45, 2.75) is 31.8 Å². The fourth-order valence-electron chi connectivity index (χ4n) is 4.54. The van der Waals surface area contributed by atoms with Crippen molar-refractivity contribution in [1.82, 2.24) is 14.5 Å². The van der Waals surface area contributed by atoms with Crippen LogP contribution in [-0.4, -0.2) is 26.9 Å². The van der Waals surface area contributed by atoms with Crippen LogP contribution in [0.5, 0.6) is 0 Å². The number of para-hydroxylation sites is 2. The number of aromatic nitrogens is 2. The highest BCUT2D eigenvalue weighted by atomic mass is 16.2. The molecule has 2 heterocycles. The van der Waals surface area contributed by atoms with Crippen molar-refractivity contribution in [3.8, 4) is 0 Å². The second-order valence-corrected chi connectivity index (χ2v) is 8.08. The molecule has 1 fully saturated rings. The summed E-state index contributed by atoms with van der Waals surface area (Å²) in [5.74, 6) is 1.31. The zero-order valence-electron chi connectivity index (χ0n) is 17.1. The van der Waals surface area contributed by atoms with E-state index in [9.17, 15) is 4.79 Å². The van der Waals surface area contributed by atoms with Gasteiger partial charge in [-0.3, -0.25) is 4.79 Å². The minimum absolute atomic E-state index is 0.0970. The van der Waals surface area contributed by atoms with Crippen LogP contribution in [0.15, 0.2) is 84.9 Å². The third-order valence-corrected chi connectivity index (χ3v) is 6.09. The summed E-state index contributed by atoms with van der Waals surface area (Å²) in [6, 6.07) is 29.1. The number of fused-ring (bicyclic) bond motifs is 1. The third-order valence-electron chi connectivity index (χ3n) is 6.09. The molecule has 4 nitrogen and oxygen atoms in total. The molecule has 0 bridgehead atoms. The molecular formula is C26H25N3O. The smallest absolute Gasteiger partial charge is 0.223 e. The highest BCUT2D eigenvalue weighted by molar-refractivity contribution is 5.81. The normalized spacial score (nSPS) is 17.6. The number of carbonyl (C=O) groups is 1. The molecule has 0 aliphatic carbocycles. The molecule has 150 valence electrons. The lowest BCUT2D eigenvalue weighted by molar-refractivity contribution is -0.128. The number of hydrogen-bond acceptors (Lipinski definition) is 2. The van der Waals surface area contributed by atoms with Gasteiger partial charge in [0.1, 0.15) is 5.82 Å². The van der Waals surface area contributed by atoms with Gasteiger partial charge in [-0.2, -0.15) is 0 Å². The number of amides is 1. The van der Waals surface area contributed by atoms with Gasteiger partial charge in [-0.1, -0.05) is 72.8 Å². The lowest BCUT2D eigenvalue weighted by Crippen LogP contribution is -2.24. The van der Waals surface area contributed by atoms with Gasteiger partial charge < -0.3 is 9.47 Å². The van der Waals surface area contributed by atoms with E-state index in [1.54, 1.807) is 0 Å². The van der Waals surface area contributed by atoms with Gasteiger partial charge in [0.05, 0.1) is 17.1 Å². The maximum atomic E-state index is 12.8. The molecule has 3 aromatic carbocycles. The van der Waals surface area contributed by atoms with E-state index in [0.717, 1.165) is 22.4 Å². The first-order chi connectivity index (χ1) is 14.7. The van der Waals surface area contributed by atoms with E-state index in [0.29, 0.717) is 19.5 Å². The summed E-state index contributed by atoms with van der Waals surface area (Å²) in [6.45, 7) is 3.58. The van der Waals surface area contributed by atoms with E-state index in [2.05, 4.69) is 66.1 Å². The molecule has 1 amide bonds. The van der Waals surface area contributed by atoms with Crippen molar-refractivity contribution < 1.29 is 4.79 Å². The van der Waals surface area contributed by atoms with Gasteiger partial charge in [-0.15, -0.1) is 0 Å². The Morgan fingerprint density at radius 1 is 0.933 bits per heavy atom. The molecular weight excluding hydrogens is 370 g/mol. The maximum Gasteiger partial charge on any atom is 0.223 e. The Morgan fingerprint density at radius 3 is 2.37 bits per heavy atom. The summed E-state index contributed by atoms with van der Waals surface area (Å²) < 4.78 is 2.33. The standard InChI is InChI=1S/C26H25N3O/c1-19(21-12-6-3-7-13-21)29-24-15-9-8-14-23(24)27-26(29)22-16-25(30)28(18-22)17-20-10-4-2-5-11-20/h2-15,19,22H,16-18H2,1H3/t19-,22-/m0/s1. The van der Waals surface area contributed by atoms with Crippen LogP contribution in [0.3, 0.4) is 0 Å². The molecule has 30 heavy (non-hydrogen) atoms. The highest BCUT2D eigenvalue weighted by Crippen LogP contribution is 2.34. The van der Waals surface area contributed by atoms with Crippen molar-refractivity contribution in [2.75, 3.05) is 6.54 Å². The van der Waals surface area contributed by atoms with E-state index >= 15 is 0 Å². The highest BCUT2D eigenvalue weighted by Gasteiger charge is 2.34. The molecule has 1 aliphatic rings. The summed E-state index contributed by atoms with van der Waals surface area (Å²) in [4.78, 5) is 19.8. The predicted octanol–water partition coefficient (Wildman–Crippen LogP) is 5.16. The number of carbonyl (C=O) groups excluding carboxylic acids is 1. The number of benzene rings is 3. The Bertz CT molecular complexity index is 1170. The number of hydrogen-bond donors (Lipinski definition) is 0. The van der Waals surface area contributed by atoms with Crippen LogP contribution in [-0.2, 0) is 11.3 Å². The monoisotopic (exact) mass is 395 g/mol. The lowest BCUT2D eigenvalue weighted by atomic mass is 10.0. The number of likely N-dealkylation sites (tertiary alicyclic amines) is 1. The summed E-state index contributed by atoms with van der Waals surface area (Å²) in [5.41, 5.74) is 4.52. The quantitative estimate of drug-likeness (QED) is 0.468. The van der Waals surface area contributed by atoms with Crippen LogP contribution >= 0.6 is 0 Å². The van der Waals surface area contributed by atoms with Crippen LogP contribution in [0, 0.1) is 0 Å². The van der Waals surface area contributed by atoms with Gasteiger partial charge >= 0.3 is 0 Å². The molecule has 1 aromatic heterocycles. The van der Waals surface area contributed by atoms with Gasteiger partial charge in [0.2, 0.25) is 5.91 Å². The second-order valence-electron chi connectivity index (χ2n) is 8.08. The molecule has 5 rings (SSSR count). The molecule has 4 heteroatoms. The van der Waals surface area contributed by atoms with Gasteiger partial charge in [0.25, 0.3) is 0 Å². The maximum absolute atomic E-state index is 12.8. The Morgan fingerprint density at radius 2 is 1.60 bits per heavy atom. The van der Waals surface area contributed by atoms with Crippen molar-refractivity contribution in [1.29, 1.82) is 0 Å². The predicted molar refractivity (Wildman–Crippen MR) is 119 cm³/mol. The summed E-state index contributed by atoms with van der Waals surface area (Å²) in [6.07, 6.45) is 0.512. The SMILES string of the molecule is C[C@@H](c1ccccc1)n1c([C@H]2CC(=O)N(Cc3ccccc3)C2)nc2ccccc21. The van der Waals surface area contributed by atoms with Crippen LogP contribution in [0.2, 0.25) is 0 Å². The van der Waals surface area contributed by atoms with Gasteiger partial charge in [0, 0.05) is 25.4 Å². The average molecular weight is 396 g/mol. The van der Waals surface area contributed by atoms with E-state index in [1.807, 2.05) is 35.2 Å². The van der Waals surface area contributed by atoms with Crippen LogP contribution in [0.25, 0.3) is 11.0 Å². The average Bonchev–Trinajstić information content (AvgIpc) is 3.35. The van der Waals surface area contributed by atoms with Crippen molar-refractivity contribution in [2.24, 2.45) is 0 Å². The fourth-order valence-corrected chi connectivity index (χ4v) is 4.54. The molecule has 1 saturated heterocycles. The third kappa shape index (κ3) is 3.39. The number of rotatable bonds is 5. The van der Waals surface area contributed by atoms with Gasteiger partial charge in [0.15, 0.2) is 0 Å². The first-order valence-corrected chi connectivity index (χ1v) is 10.5. The van der Waals surface area contributed by atoms with Crippen LogP contribution in [0.1, 0.15) is 42.3 Å². The Labute approximate surface area is 176 Å². The van der Waals surface area contributed by atoms with E-state index in [4.69, 9.17) is 4.98 Å². The summed E-state index contributed by atoms with van der Waals surface area (Å²) in [7, 11) is 0.